The van der Waals surface area contributed by atoms with Crippen molar-refractivity contribution in [3.8, 4) is 11.5 Å². The van der Waals surface area contributed by atoms with Gasteiger partial charge >= 0.3 is 0 Å². The first kappa shape index (κ1) is 22.9. The molecule has 35 heavy (non-hydrogen) atoms. The van der Waals surface area contributed by atoms with Crippen LogP contribution < -0.4 is 19.7 Å². The normalized spacial score (nSPS) is 14.3. The standard InChI is InChI=1S/C25H30N8O2/c1-31-10-12-32(13-11-31)20-6-4-19(5-7-20)28-24-23-25(27-17-26-24)33(30-29-23)9-8-18-14-21(34-2)16-22(15-18)35-3/h4-7,14-17H,8-13H2,1-3H3,(H,26,27,28). The van der Waals surface area contributed by atoms with Crippen LogP contribution in [0, 0.1) is 0 Å². The molecule has 0 bridgehead atoms. The first-order valence-corrected chi connectivity index (χ1v) is 11.7. The van der Waals surface area contributed by atoms with Crippen molar-refractivity contribution < 1.29 is 9.47 Å². The van der Waals surface area contributed by atoms with E-state index >= 15 is 0 Å². The second kappa shape index (κ2) is 10.1. The van der Waals surface area contributed by atoms with Crippen LogP contribution in [-0.4, -0.2) is 77.3 Å². The van der Waals surface area contributed by atoms with Crippen molar-refractivity contribution in [1.29, 1.82) is 0 Å². The number of hydrogen-bond donors (Lipinski definition) is 1. The lowest BCUT2D eigenvalue weighted by Gasteiger charge is -2.34. The maximum Gasteiger partial charge on any atom is 0.183 e. The Kier molecular flexibility index (Phi) is 6.62. The van der Waals surface area contributed by atoms with E-state index in [-0.39, 0.29) is 0 Å². The molecular formula is C25H30N8O2. The fourth-order valence-electron chi connectivity index (χ4n) is 4.24. The number of benzene rings is 2. The van der Waals surface area contributed by atoms with Crippen LogP contribution in [-0.2, 0) is 13.0 Å². The molecule has 0 saturated carbocycles. The summed E-state index contributed by atoms with van der Waals surface area (Å²) in [6.45, 7) is 4.87. The third kappa shape index (κ3) is 5.12. The summed E-state index contributed by atoms with van der Waals surface area (Å²) in [7, 11) is 5.46. The number of nitrogens with one attached hydrogen (secondary N) is 1. The number of fused-ring (bicyclic) bond motifs is 1. The Bertz CT molecular complexity index is 1260. The number of ether oxygens (including phenoxy) is 2. The highest BCUT2D eigenvalue weighted by atomic mass is 16.5. The van der Waals surface area contributed by atoms with Gasteiger partial charge in [-0.2, -0.15) is 0 Å². The van der Waals surface area contributed by atoms with Crippen molar-refractivity contribution in [3.05, 3.63) is 54.4 Å². The molecule has 1 saturated heterocycles. The Morgan fingerprint density at radius 2 is 1.63 bits per heavy atom. The molecule has 4 aromatic rings. The van der Waals surface area contributed by atoms with Crippen molar-refractivity contribution >= 4 is 28.4 Å². The molecule has 1 aliphatic heterocycles. The van der Waals surface area contributed by atoms with E-state index in [2.05, 4.69) is 66.7 Å². The van der Waals surface area contributed by atoms with Crippen LogP contribution in [0.2, 0.25) is 0 Å². The summed E-state index contributed by atoms with van der Waals surface area (Å²) in [5.74, 6) is 2.15. The zero-order valence-electron chi connectivity index (χ0n) is 20.3. The Hall–Kier alpha value is -3.92. The molecule has 5 rings (SSSR count). The predicted molar refractivity (Wildman–Crippen MR) is 136 cm³/mol. The van der Waals surface area contributed by atoms with Gasteiger partial charge in [0.1, 0.15) is 17.8 Å². The first-order chi connectivity index (χ1) is 17.1. The summed E-state index contributed by atoms with van der Waals surface area (Å²) in [5, 5.41) is 12.1. The highest BCUT2D eigenvalue weighted by Crippen LogP contribution is 2.25. The van der Waals surface area contributed by atoms with Crippen LogP contribution >= 0.6 is 0 Å². The highest BCUT2D eigenvalue weighted by Gasteiger charge is 2.15. The zero-order valence-corrected chi connectivity index (χ0v) is 20.3. The molecule has 0 radical (unpaired) electrons. The molecule has 10 nitrogen and oxygen atoms in total. The first-order valence-electron chi connectivity index (χ1n) is 11.7. The molecule has 0 spiro atoms. The van der Waals surface area contributed by atoms with Gasteiger partial charge in [0.25, 0.3) is 0 Å². The van der Waals surface area contributed by atoms with Crippen molar-refractivity contribution in [3.63, 3.8) is 0 Å². The lowest BCUT2D eigenvalue weighted by molar-refractivity contribution is 0.313. The molecular weight excluding hydrogens is 444 g/mol. The number of methoxy groups -OCH3 is 2. The van der Waals surface area contributed by atoms with Gasteiger partial charge in [-0.05, 0) is 55.4 Å². The minimum Gasteiger partial charge on any atom is -0.497 e. The predicted octanol–water partition coefficient (Wildman–Crippen LogP) is 2.98. The highest BCUT2D eigenvalue weighted by molar-refractivity contribution is 5.84. The molecule has 0 unspecified atom stereocenters. The van der Waals surface area contributed by atoms with Crippen molar-refractivity contribution in [2.75, 3.05) is 57.7 Å². The van der Waals surface area contributed by atoms with Crippen molar-refractivity contribution in [2.45, 2.75) is 13.0 Å². The summed E-state index contributed by atoms with van der Waals surface area (Å²) < 4.78 is 12.5. The van der Waals surface area contributed by atoms with Crippen LogP contribution in [0.15, 0.2) is 48.8 Å². The molecule has 1 N–H and O–H groups in total. The number of hydrogen-bond acceptors (Lipinski definition) is 9. The Morgan fingerprint density at radius 1 is 0.914 bits per heavy atom. The summed E-state index contributed by atoms with van der Waals surface area (Å²) in [4.78, 5) is 13.6. The minimum absolute atomic E-state index is 0.614. The van der Waals surface area contributed by atoms with E-state index in [9.17, 15) is 0 Å². The molecule has 3 heterocycles. The Balaban J connectivity index is 1.29. The van der Waals surface area contributed by atoms with Gasteiger partial charge < -0.3 is 24.6 Å². The van der Waals surface area contributed by atoms with Gasteiger partial charge in [-0.1, -0.05) is 5.21 Å². The van der Waals surface area contributed by atoms with Crippen molar-refractivity contribution in [1.82, 2.24) is 29.9 Å². The Morgan fingerprint density at radius 3 is 2.31 bits per heavy atom. The largest absolute Gasteiger partial charge is 0.497 e. The van der Waals surface area contributed by atoms with E-state index in [1.807, 2.05) is 18.2 Å². The number of rotatable bonds is 8. The van der Waals surface area contributed by atoms with Gasteiger partial charge in [0.05, 0.1) is 14.2 Å². The molecule has 1 fully saturated rings. The molecule has 2 aromatic carbocycles. The summed E-state index contributed by atoms with van der Waals surface area (Å²) in [6, 6.07) is 14.3. The monoisotopic (exact) mass is 474 g/mol. The van der Waals surface area contributed by atoms with Crippen LogP contribution in [0.25, 0.3) is 11.2 Å². The van der Waals surface area contributed by atoms with Gasteiger partial charge in [0, 0.05) is 50.2 Å². The number of piperazine rings is 1. The van der Waals surface area contributed by atoms with E-state index in [1.165, 1.54) is 12.0 Å². The van der Waals surface area contributed by atoms with Crippen LogP contribution in [0.4, 0.5) is 17.2 Å². The minimum atomic E-state index is 0.614. The van der Waals surface area contributed by atoms with Gasteiger partial charge in [0.15, 0.2) is 17.0 Å². The van der Waals surface area contributed by atoms with Crippen molar-refractivity contribution in [2.24, 2.45) is 0 Å². The number of aromatic nitrogens is 5. The number of aryl methyl sites for hydroxylation is 2. The molecule has 0 amide bonds. The number of likely N-dealkylation sites (N-methyl/N-ethyl adjacent to an activating group) is 1. The molecule has 0 atom stereocenters. The van der Waals surface area contributed by atoms with Gasteiger partial charge in [-0.3, -0.25) is 0 Å². The molecule has 1 aliphatic rings. The quantitative estimate of drug-likeness (QED) is 0.414. The van der Waals surface area contributed by atoms with Crippen LogP contribution in [0.3, 0.4) is 0 Å². The average molecular weight is 475 g/mol. The second-order valence-corrected chi connectivity index (χ2v) is 8.64. The van der Waals surface area contributed by atoms with Gasteiger partial charge in [-0.15, -0.1) is 5.10 Å². The van der Waals surface area contributed by atoms with E-state index in [4.69, 9.17) is 9.47 Å². The van der Waals surface area contributed by atoms with E-state index in [0.29, 0.717) is 23.5 Å². The maximum absolute atomic E-state index is 5.37. The summed E-state index contributed by atoms with van der Waals surface area (Å²) >= 11 is 0. The summed E-state index contributed by atoms with van der Waals surface area (Å²) in [6.07, 6.45) is 2.27. The smallest absolute Gasteiger partial charge is 0.183 e. The maximum atomic E-state index is 5.37. The molecule has 0 aliphatic carbocycles. The molecule has 2 aromatic heterocycles. The average Bonchev–Trinajstić information content (AvgIpc) is 3.32. The van der Waals surface area contributed by atoms with E-state index in [1.54, 1.807) is 18.9 Å². The van der Waals surface area contributed by atoms with E-state index < -0.39 is 0 Å². The van der Waals surface area contributed by atoms with Gasteiger partial charge in [0.2, 0.25) is 0 Å². The number of nitrogens with zero attached hydrogens (tertiary/aromatic N) is 7. The third-order valence-electron chi connectivity index (χ3n) is 6.32. The summed E-state index contributed by atoms with van der Waals surface area (Å²) in [5.41, 5.74) is 4.58. The molecule has 182 valence electrons. The SMILES string of the molecule is COc1cc(CCn2nnc3c(Nc4ccc(N5CCN(C)CC5)cc4)ncnc32)cc(OC)c1. The molecule has 10 heteroatoms. The topological polar surface area (TPSA) is 93.5 Å². The fraction of sp³-hybridized carbons (Fsp3) is 0.360. The third-order valence-corrected chi connectivity index (χ3v) is 6.32. The lowest BCUT2D eigenvalue weighted by Crippen LogP contribution is -2.44. The Labute approximate surface area is 204 Å². The van der Waals surface area contributed by atoms with E-state index in [0.717, 1.165) is 55.3 Å². The lowest BCUT2D eigenvalue weighted by atomic mass is 10.1. The zero-order chi connectivity index (χ0) is 24.2. The number of anilines is 3. The van der Waals surface area contributed by atoms with Crippen LogP contribution in [0.1, 0.15) is 5.56 Å². The second-order valence-electron chi connectivity index (χ2n) is 8.64. The van der Waals surface area contributed by atoms with Gasteiger partial charge in [-0.25, -0.2) is 14.6 Å². The fourth-order valence-corrected chi connectivity index (χ4v) is 4.24. The van der Waals surface area contributed by atoms with Crippen LogP contribution in [0.5, 0.6) is 11.5 Å².